The number of ether oxygens (including phenoxy) is 1. The van der Waals surface area contributed by atoms with Crippen molar-refractivity contribution in [2.45, 2.75) is 57.5 Å². The second kappa shape index (κ2) is 8.79. The largest absolute Gasteiger partial charge is 0.453 e. The molecule has 6 rings (SSSR count). The van der Waals surface area contributed by atoms with Gasteiger partial charge in [0.05, 0.1) is 18.8 Å². The molecule has 2 atom stereocenters. The first-order chi connectivity index (χ1) is 17.1. The smallest absolute Gasteiger partial charge is 0.407 e. The number of carbonyl (C=O) groups excluding carboxylic acids is 3. The first-order valence-corrected chi connectivity index (χ1v) is 12.3. The Hall–Kier alpha value is -3.63. The van der Waals surface area contributed by atoms with E-state index >= 15 is 0 Å². The molecule has 11 heteroatoms. The Labute approximate surface area is 209 Å². The van der Waals surface area contributed by atoms with E-state index in [9.17, 15) is 14.4 Å². The van der Waals surface area contributed by atoms with Gasteiger partial charge in [-0.15, -0.1) is 0 Å². The van der Waals surface area contributed by atoms with Crippen molar-refractivity contribution in [2.24, 2.45) is 28.9 Å². The van der Waals surface area contributed by atoms with E-state index < -0.39 is 17.0 Å². The Morgan fingerprint density at radius 1 is 1.19 bits per heavy atom. The van der Waals surface area contributed by atoms with Crippen molar-refractivity contribution < 1.29 is 19.1 Å². The fraction of sp³-hybridized carbons (Fsp3) is 0.560. The molecule has 3 amide bonds. The highest BCUT2D eigenvalue weighted by Crippen LogP contribution is 2.59. The molecule has 2 aromatic rings. The molecule has 192 valence electrons. The average molecular weight is 496 g/mol. The Bertz CT molecular complexity index is 1180. The van der Waals surface area contributed by atoms with Crippen molar-refractivity contribution in [2.75, 3.05) is 7.11 Å². The third-order valence-corrected chi connectivity index (χ3v) is 8.07. The molecule has 2 unspecified atom stereocenters. The van der Waals surface area contributed by atoms with Crippen molar-refractivity contribution in [3.05, 3.63) is 36.3 Å². The summed E-state index contributed by atoms with van der Waals surface area (Å²) in [7, 11) is 1.31. The van der Waals surface area contributed by atoms with Crippen LogP contribution in [-0.4, -0.2) is 56.2 Å². The van der Waals surface area contributed by atoms with Gasteiger partial charge < -0.3 is 21.1 Å². The number of aromatic nitrogens is 4. The quantitative estimate of drug-likeness (QED) is 0.536. The fourth-order valence-corrected chi connectivity index (χ4v) is 6.65. The van der Waals surface area contributed by atoms with Crippen LogP contribution >= 0.6 is 0 Å². The average Bonchev–Trinajstić information content (AvgIpc) is 3.48. The number of nitrogens with one attached hydrogen (secondary N) is 2. The number of methoxy groups -OCH3 is 1. The van der Waals surface area contributed by atoms with Crippen LogP contribution in [0.25, 0.3) is 12.0 Å². The second-order valence-corrected chi connectivity index (χ2v) is 11.0. The van der Waals surface area contributed by atoms with Gasteiger partial charge in [0.25, 0.3) is 5.91 Å². The predicted octanol–water partition coefficient (Wildman–Crippen LogP) is 2.08. The van der Waals surface area contributed by atoms with Gasteiger partial charge in [0.1, 0.15) is 5.56 Å². The highest BCUT2D eigenvalue weighted by molar-refractivity contribution is 5.97. The van der Waals surface area contributed by atoms with Crippen LogP contribution in [0.2, 0.25) is 0 Å². The van der Waals surface area contributed by atoms with Gasteiger partial charge in [0.2, 0.25) is 5.91 Å². The van der Waals surface area contributed by atoms with Gasteiger partial charge in [-0.1, -0.05) is 0 Å². The van der Waals surface area contributed by atoms with E-state index in [1.807, 2.05) is 13.8 Å². The van der Waals surface area contributed by atoms with Crippen LogP contribution in [0, 0.1) is 23.2 Å². The molecule has 2 heterocycles. The van der Waals surface area contributed by atoms with E-state index in [2.05, 4.69) is 25.6 Å². The molecule has 2 aromatic heterocycles. The first kappa shape index (κ1) is 24.1. The van der Waals surface area contributed by atoms with E-state index in [0.717, 1.165) is 32.1 Å². The zero-order valence-corrected chi connectivity index (χ0v) is 20.8. The SMILES string of the molecule is COC(=O)NC(C)(C)/C=C/n1ncc(C(=O)NC2C3CC4CC2CC(C(N)=O)(C4)C3)c1-n1cccn1. The molecule has 0 aromatic carbocycles. The monoisotopic (exact) mass is 495 g/mol. The zero-order valence-electron chi connectivity index (χ0n) is 20.8. The predicted molar refractivity (Wildman–Crippen MR) is 131 cm³/mol. The lowest BCUT2D eigenvalue weighted by Gasteiger charge is -2.58. The fourth-order valence-electron chi connectivity index (χ4n) is 6.65. The Kier molecular flexibility index (Phi) is 5.88. The highest BCUT2D eigenvalue weighted by atomic mass is 16.5. The van der Waals surface area contributed by atoms with E-state index in [4.69, 9.17) is 5.73 Å². The van der Waals surface area contributed by atoms with Gasteiger partial charge in [-0.3, -0.25) is 9.59 Å². The van der Waals surface area contributed by atoms with Crippen LogP contribution in [0.1, 0.15) is 56.3 Å². The third-order valence-electron chi connectivity index (χ3n) is 8.07. The molecule has 0 spiro atoms. The number of nitrogens with zero attached hydrogens (tertiary/aromatic N) is 4. The maximum Gasteiger partial charge on any atom is 0.407 e. The van der Waals surface area contributed by atoms with Gasteiger partial charge in [-0.25, -0.2) is 14.2 Å². The summed E-state index contributed by atoms with van der Waals surface area (Å²) in [6.45, 7) is 3.63. The van der Waals surface area contributed by atoms with Crippen LogP contribution in [-0.2, 0) is 9.53 Å². The van der Waals surface area contributed by atoms with Crippen molar-refractivity contribution >= 4 is 24.1 Å². The van der Waals surface area contributed by atoms with Gasteiger partial charge in [0.15, 0.2) is 5.82 Å². The molecule has 0 radical (unpaired) electrons. The van der Waals surface area contributed by atoms with E-state index in [0.29, 0.717) is 17.3 Å². The molecule has 0 saturated heterocycles. The summed E-state index contributed by atoms with van der Waals surface area (Å²) in [5.74, 6) is 1.09. The van der Waals surface area contributed by atoms with Crippen molar-refractivity contribution in [1.29, 1.82) is 0 Å². The minimum atomic E-state index is -0.723. The number of primary amides is 1. The normalized spacial score (nSPS) is 28.9. The summed E-state index contributed by atoms with van der Waals surface area (Å²) >= 11 is 0. The van der Waals surface area contributed by atoms with Gasteiger partial charge in [-0.05, 0) is 75.8 Å². The van der Waals surface area contributed by atoms with Gasteiger partial charge in [0, 0.05) is 30.1 Å². The Morgan fingerprint density at radius 2 is 1.92 bits per heavy atom. The lowest BCUT2D eigenvalue weighted by molar-refractivity contribution is -0.145. The van der Waals surface area contributed by atoms with Crippen molar-refractivity contribution in [1.82, 2.24) is 30.2 Å². The summed E-state index contributed by atoms with van der Waals surface area (Å²) in [4.78, 5) is 37.5. The molecule has 0 aliphatic heterocycles. The minimum absolute atomic E-state index is 0.00841. The molecule has 4 N–H and O–H groups in total. The summed E-state index contributed by atoms with van der Waals surface area (Å²) < 4.78 is 7.84. The number of hydrogen-bond acceptors (Lipinski definition) is 6. The second-order valence-electron chi connectivity index (χ2n) is 11.0. The van der Waals surface area contributed by atoms with E-state index in [1.54, 1.807) is 40.1 Å². The summed E-state index contributed by atoms with van der Waals surface area (Å²) in [5.41, 5.74) is 5.08. The van der Waals surface area contributed by atoms with Gasteiger partial charge >= 0.3 is 6.09 Å². The number of rotatable bonds is 7. The minimum Gasteiger partial charge on any atom is -0.453 e. The number of carbonyl (C=O) groups is 3. The molecule has 4 aliphatic carbocycles. The highest BCUT2D eigenvalue weighted by Gasteiger charge is 2.58. The molecule has 4 saturated carbocycles. The van der Waals surface area contributed by atoms with Crippen LogP contribution < -0.4 is 16.4 Å². The summed E-state index contributed by atoms with van der Waals surface area (Å²) in [6, 6.07) is 1.78. The molecular weight excluding hydrogens is 462 g/mol. The number of amides is 3. The van der Waals surface area contributed by atoms with Crippen LogP contribution in [0.5, 0.6) is 0 Å². The molecular formula is C25H33N7O4. The van der Waals surface area contributed by atoms with Crippen LogP contribution in [0.3, 0.4) is 0 Å². The van der Waals surface area contributed by atoms with Crippen LogP contribution in [0.4, 0.5) is 4.79 Å². The number of nitrogens with two attached hydrogens (primary N) is 1. The molecule has 11 nitrogen and oxygen atoms in total. The Balaban J connectivity index is 1.39. The van der Waals surface area contributed by atoms with E-state index in [-0.39, 0.29) is 29.7 Å². The van der Waals surface area contributed by atoms with Crippen LogP contribution in [0.15, 0.2) is 30.7 Å². The third kappa shape index (κ3) is 4.27. The number of alkyl carbamates (subject to hydrolysis) is 1. The molecule has 4 aliphatic rings. The first-order valence-electron chi connectivity index (χ1n) is 12.3. The summed E-state index contributed by atoms with van der Waals surface area (Å²) in [5, 5.41) is 14.7. The van der Waals surface area contributed by atoms with Gasteiger partial charge in [-0.2, -0.15) is 10.2 Å². The molecule has 4 fully saturated rings. The topological polar surface area (TPSA) is 146 Å². The Morgan fingerprint density at radius 3 is 2.53 bits per heavy atom. The molecule has 36 heavy (non-hydrogen) atoms. The zero-order chi connectivity index (χ0) is 25.7. The molecule has 4 bridgehead atoms. The number of hydrogen-bond donors (Lipinski definition) is 3. The maximum absolute atomic E-state index is 13.6. The lowest BCUT2D eigenvalue weighted by atomic mass is 9.47. The standard InChI is InChI=1S/C25H33N7O4/c1-24(2,30-23(35)36-3)5-8-32-21(31-7-4-6-27-31)18(14-28-32)20(33)29-19-16-9-15-10-17(19)13-25(11-15,12-16)22(26)34/h4-8,14-17,19H,9-13H2,1-3H3,(H2,26,34)(H,29,33)(H,30,35)/b8-5+. The van der Waals surface area contributed by atoms with E-state index in [1.165, 1.54) is 13.3 Å². The lowest BCUT2D eigenvalue weighted by Crippen LogP contribution is -2.62. The van der Waals surface area contributed by atoms with Crippen molar-refractivity contribution in [3.63, 3.8) is 0 Å². The summed E-state index contributed by atoms with van der Waals surface area (Å²) in [6.07, 6.45) is 12.2. The maximum atomic E-state index is 13.6. The van der Waals surface area contributed by atoms with Crippen molar-refractivity contribution in [3.8, 4) is 5.82 Å².